The van der Waals surface area contributed by atoms with Gasteiger partial charge in [-0.05, 0) is 95.6 Å². The van der Waals surface area contributed by atoms with Crippen molar-refractivity contribution in [3.63, 3.8) is 0 Å². The summed E-state index contributed by atoms with van der Waals surface area (Å²) in [5, 5.41) is 7.08. The first-order valence-corrected chi connectivity index (χ1v) is 16.4. The van der Waals surface area contributed by atoms with Crippen molar-refractivity contribution in [1.29, 1.82) is 0 Å². The van der Waals surface area contributed by atoms with Crippen LogP contribution in [-0.2, 0) is 0 Å². The third kappa shape index (κ3) is 6.85. The third-order valence-electron chi connectivity index (χ3n) is 8.00. The van der Waals surface area contributed by atoms with E-state index in [1.165, 1.54) is 10.8 Å². The molecule has 0 spiro atoms. The highest BCUT2D eigenvalue weighted by Crippen LogP contribution is 2.34. The van der Waals surface area contributed by atoms with Crippen LogP contribution in [0.15, 0.2) is 198 Å². The molecule has 244 valence electrons. The van der Waals surface area contributed by atoms with Gasteiger partial charge in [0.15, 0.2) is 0 Å². The number of hydrogen-bond donors (Lipinski definition) is 2. The fourth-order valence-electron chi connectivity index (χ4n) is 5.61. The van der Waals surface area contributed by atoms with Crippen LogP contribution in [0, 0.1) is 0 Å². The maximum atomic E-state index is 8.87. The zero-order valence-electron chi connectivity index (χ0n) is 44.5. The summed E-state index contributed by atoms with van der Waals surface area (Å²) in [6, 6.07) is 19.5. The molecule has 51 heavy (non-hydrogen) atoms. The Morgan fingerprint density at radius 1 is 0.431 bits per heavy atom. The number of rotatable bonds is 2. The third-order valence-corrected chi connectivity index (χ3v) is 8.59. The van der Waals surface area contributed by atoms with Crippen LogP contribution >= 0.6 is 15.9 Å². The van der Waals surface area contributed by atoms with E-state index in [2.05, 4.69) is 33.4 Å². The monoisotopic (exact) mass is 736 g/mol. The molecular formula is C48H35BrN2. The van der Waals surface area contributed by atoms with Crippen LogP contribution in [0.1, 0.15) is 24.7 Å². The summed E-state index contributed by atoms with van der Waals surface area (Å²) in [5.74, 6) is 0. The summed E-state index contributed by atoms with van der Waals surface area (Å²) in [6.45, 7) is 0. The second-order valence-corrected chi connectivity index (χ2v) is 12.0. The van der Waals surface area contributed by atoms with Gasteiger partial charge >= 0.3 is 0 Å². The molecule has 0 amide bonds. The lowest BCUT2D eigenvalue weighted by molar-refractivity contribution is 1.61. The van der Waals surface area contributed by atoms with Gasteiger partial charge in [-0.3, -0.25) is 0 Å². The first kappa shape index (κ1) is 17.7. The van der Waals surface area contributed by atoms with E-state index in [1.807, 2.05) is 66.7 Å². The maximum absolute atomic E-state index is 8.87. The molecule has 0 aliphatic rings. The molecular weight excluding hydrogens is 684 g/mol. The van der Waals surface area contributed by atoms with E-state index >= 15 is 0 Å². The van der Waals surface area contributed by atoms with Gasteiger partial charge in [-0.1, -0.05) is 173 Å². The first-order chi connectivity index (χ1) is 32.6. The average molecular weight is 738 g/mol. The Morgan fingerprint density at radius 2 is 0.902 bits per heavy atom. The van der Waals surface area contributed by atoms with E-state index in [4.69, 9.17) is 30.4 Å². The lowest BCUT2D eigenvalue weighted by Crippen LogP contribution is -1.92. The molecule has 0 saturated carbocycles. The number of fused-ring (bicyclic) bond motifs is 8. The van der Waals surface area contributed by atoms with Gasteiger partial charge in [0.2, 0.25) is 0 Å². The van der Waals surface area contributed by atoms with Crippen molar-refractivity contribution in [2.45, 2.75) is 0 Å². The molecule has 0 unspecified atom stereocenters. The van der Waals surface area contributed by atoms with Gasteiger partial charge < -0.3 is 11.1 Å². The quantitative estimate of drug-likeness (QED) is 0.137. The lowest BCUT2D eigenvalue weighted by Gasteiger charge is -2.13. The topological polar surface area (TPSA) is 38.0 Å². The second kappa shape index (κ2) is 14.4. The van der Waals surface area contributed by atoms with Gasteiger partial charge in [0.1, 0.15) is 0 Å². The van der Waals surface area contributed by atoms with E-state index in [9.17, 15) is 0 Å². The molecule has 0 heterocycles. The number of halogens is 1. The van der Waals surface area contributed by atoms with Gasteiger partial charge in [-0.25, -0.2) is 0 Å². The minimum Gasteiger partial charge on any atom is -0.399 e. The van der Waals surface area contributed by atoms with Crippen molar-refractivity contribution >= 4 is 97.6 Å². The molecule has 10 aromatic carbocycles. The molecule has 0 bridgehead atoms. The van der Waals surface area contributed by atoms with Crippen LogP contribution in [0.2, 0.25) is 0 Å². The fraction of sp³-hybridized carbons (Fsp3) is 0. The van der Waals surface area contributed by atoms with E-state index in [-0.39, 0.29) is 77.4 Å². The predicted molar refractivity (Wildman–Crippen MR) is 226 cm³/mol. The molecule has 0 fully saturated rings. The van der Waals surface area contributed by atoms with E-state index in [0.29, 0.717) is 5.69 Å². The molecule has 3 N–H and O–H groups in total. The molecule has 0 radical (unpaired) electrons. The highest BCUT2D eigenvalue weighted by atomic mass is 79.9. The summed E-state index contributed by atoms with van der Waals surface area (Å²) in [4.78, 5) is 0. The SMILES string of the molecule is Nc1ccc2ccccc2c1.[2H]c1c([2H])c([2H])c2c(c1[2H])c([2H])c(Br)c1c([2H])c([2H])c([2H])c([2H])c12.[2H]c1c([2H])c([2H])c2c(c1[2H])c([2H])c(Nc1ccc3ccccc3c1)c1c([2H])c([2H])c([2H])c([2H])c12. The van der Waals surface area contributed by atoms with E-state index in [0.717, 1.165) is 16.5 Å². The molecule has 0 saturated heterocycles. The summed E-state index contributed by atoms with van der Waals surface area (Å²) < 4.78 is 147. The van der Waals surface area contributed by atoms with Crippen LogP contribution in [0.5, 0.6) is 0 Å². The van der Waals surface area contributed by atoms with Crippen LogP contribution in [0.3, 0.4) is 0 Å². The van der Waals surface area contributed by atoms with Gasteiger partial charge in [-0.15, -0.1) is 0 Å². The molecule has 2 nitrogen and oxygen atoms in total. The number of anilines is 3. The highest BCUT2D eigenvalue weighted by molar-refractivity contribution is 9.10. The molecule has 10 rings (SSSR count). The Morgan fingerprint density at radius 3 is 1.55 bits per heavy atom. The van der Waals surface area contributed by atoms with Crippen LogP contribution in [0.25, 0.3) is 64.6 Å². The molecule has 0 atom stereocenters. The number of nitrogens with one attached hydrogen (secondary N) is 1. The zero-order valence-corrected chi connectivity index (χ0v) is 28.1. The number of nitrogen functional groups attached to an aromatic ring is 1. The molecule has 3 heteroatoms. The molecule has 0 aliphatic carbocycles. The summed E-state index contributed by atoms with van der Waals surface area (Å²) in [5.41, 5.74) is 7.07. The van der Waals surface area contributed by atoms with Crippen LogP contribution in [-0.4, -0.2) is 0 Å². The predicted octanol–water partition coefficient (Wildman–Crippen LogP) is 14.1. The maximum Gasteiger partial charge on any atom is 0.0652 e. The minimum absolute atomic E-state index is 0.00156. The summed E-state index contributed by atoms with van der Waals surface area (Å²) in [7, 11) is 0. The Hall–Kier alpha value is -6.16. The Bertz CT molecular complexity index is 3760. The van der Waals surface area contributed by atoms with Gasteiger partial charge in [0.05, 0.1) is 24.7 Å². The zero-order chi connectivity index (χ0) is 50.2. The van der Waals surface area contributed by atoms with Crippen LogP contribution < -0.4 is 11.1 Å². The number of hydrogen-bond acceptors (Lipinski definition) is 2. The Labute approximate surface area is 331 Å². The van der Waals surface area contributed by atoms with Gasteiger partial charge in [-0.2, -0.15) is 0 Å². The summed E-state index contributed by atoms with van der Waals surface area (Å²) in [6.07, 6.45) is 0. The normalized spacial score (nSPS) is 15.9. The van der Waals surface area contributed by atoms with Crippen molar-refractivity contribution in [1.82, 2.24) is 0 Å². The van der Waals surface area contributed by atoms with Crippen molar-refractivity contribution < 1.29 is 24.7 Å². The lowest BCUT2D eigenvalue weighted by atomic mass is 10.00. The second-order valence-electron chi connectivity index (χ2n) is 11.2. The standard InChI is InChI=1S/C24H17N.C14H9Br.C10H9N/c1-2-8-18-15-20(14-13-17(18)7-1)25-24-16-19-9-3-4-10-21(19)22-11-5-6-12-23(22)24;15-14-9-10-5-1-2-6-11(10)12-7-3-4-8-13(12)14;11-10-6-5-8-3-1-2-4-9(8)7-10/h1-16,25H;1-9H;1-7H,11H2/i3D,4D,5D,6D,9D,10D,11D,12D,16D;1D,2D,3D,4D,5D,6D,7D,8D,9D;. The van der Waals surface area contributed by atoms with E-state index < -0.39 is 84.6 Å². The van der Waals surface area contributed by atoms with E-state index in [1.54, 1.807) is 6.07 Å². The first-order valence-electron chi connectivity index (χ1n) is 24.6. The largest absolute Gasteiger partial charge is 0.399 e. The molecule has 0 aromatic heterocycles. The average Bonchev–Trinajstić information content (AvgIpc) is 3.34. The summed E-state index contributed by atoms with van der Waals surface area (Å²) >= 11 is 3.16. The van der Waals surface area contributed by atoms with Gasteiger partial charge in [0, 0.05) is 26.9 Å². The Balaban J connectivity index is 0.000000158. The molecule has 0 aliphatic heterocycles. The number of nitrogens with two attached hydrogens (primary N) is 1. The van der Waals surface area contributed by atoms with Crippen LogP contribution in [0.4, 0.5) is 17.1 Å². The minimum atomic E-state index is -0.527. The smallest absolute Gasteiger partial charge is 0.0652 e. The van der Waals surface area contributed by atoms with Gasteiger partial charge in [0.25, 0.3) is 0 Å². The Kier molecular flexibility index (Phi) is 4.98. The van der Waals surface area contributed by atoms with Crippen molar-refractivity contribution in [2.75, 3.05) is 11.1 Å². The van der Waals surface area contributed by atoms with Crippen molar-refractivity contribution in [3.8, 4) is 0 Å². The highest BCUT2D eigenvalue weighted by Gasteiger charge is 2.07. The number of benzene rings is 10. The van der Waals surface area contributed by atoms with Crippen molar-refractivity contribution in [2.24, 2.45) is 0 Å². The fourth-order valence-corrected chi connectivity index (χ4v) is 6.11. The molecule has 10 aromatic rings. The van der Waals surface area contributed by atoms with Crippen molar-refractivity contribution in [3.05, 3.63) is 198 Å².